The van der Waals surface area contributed by atoms with E-state index in [1.54, 1.807) is 0 Å². The first-order valence-electron chi connectivity index (χ1n) is 6.80. The Bertz CT molecular complexity index is 637. The highest BCUT2D eigenvalue weighted by atomic mass is 35.5. The van der Waals surface area contributed by atoms with E-state index in [2.05, 4.69) is 25.3 Å². The van der Waals surface area contributed by atoms with Gasteiger partial charge in [0.2, 0.25) is 11.7 Å². The van der Waals surface area contributed by atoms with Gasteiger partial charge in [0.1, 0.15) is 0 Å². The second-order valence-corrected chi connectivity index (χ2v) is 5.26. The summed E-state index contributed by atoms with van der Waals surface area (Å²) in [6.07, 6.45) is 0.660. The van der Waals surface area contributed by atoms with E-state index in [9.17, 15) is 0 Å². The van der Waals surface area contributed by atoms with Crippen molar-refractivity contribution in [2.75, 3.05) is 26.7 Å². The topological polar surface area (TPSA) is 66.5 Å². The highest BCUT2D eigenvalue weighted by Crippen LogP contribution is 2.18. The maximum absolute atomic E-state index is 5.86. The zero-order chi connectivity index (χ0) is 14.7. The van der Waals surface area contributed by atoms with Gasteiger partial charge >= 0.3 is 0 Å². The molecule has 110 valence electrons. The number of hydrogen-bond acceptors (Lipinski definition) is 6. The summed E-state index contributed by atoms with van der Waals surface area (Å²) in [6, 6.07) is 7.36. The van der Waals surface area contributed by atoms with Crippen LogP contribution in [0.5, 0.6) is 0 Å². The Kier molecular flexibility index (Phi) is 4.06. The van der Waals surface area contributed by atoms with Gasteiger partial charge < -0.3 is 14.7 Å². The summed E-state index contributed by atoms with van der Waals surface area (Å²) >= 11 is 5.86. The predicted octanol–water partition coefficient (Wildman–Crippen LogP) is 1.82. The molecule has 0 radical (unpaired) electrons. The highest BCUT2D eigenvalue weighted by molar-refractivity contribution is 6.30. The predicted molar refractivity (Wildman–Crippen MR) is 81.4 cm³/mol. The van der Waals surface area contributed by atoms with Crippen LogP contribution in [0.25, 0.3) is 11.4 Å². The van der Waals surface area contributed by atoms with Crippen molar-refractivity contribution in [3.05, 3.63) is 35.2 Å². The number of halogens is 1. The Hall–Kier alpha value is -2.08. The number of aliphatic imine (C=N–C) groups is 1. The van der Waals surface area contributed by atoms with Crippen LogP contribution in [0, 0.1) is 0 Å². The molecule has 2 aromatic rings. The first-order valence-corrected chi connectivity index (χ1v) is 7.18. The second kappa shape index (κ2) is 6.13. The summed E-state index contributed by atoms with van der Waals surface area (Å²) in [4.78, 5) is 10.8. The lowest BCUT2D eigenvalue weighted by Crippen LogP contribution is -2.36. The fraction of sp³-hybridized carbons (Fsp3) is 0.357. The monoisotopic (exact) mass is 305 g/mol. The van der Waals surface area contributed by atoms with Crippen LogP contribution in [0.4, 0.5) is 0 Å². The molecular weight excluding hydrogens is 290 g/mol. The molecule has 0 amide bonds. The van der Waals surface area contributed by atoms with Crippen LogP contribution in [0.15, 0.2) is 33.8 Å². The van der Waals surface area contributed by atoms with Crippen molar-refractivity contribution in [3.63, 3.8) is 0 Å². The smallest absolute Gasteiger partial charge is 0.228 e. The fourth-order valence-corrected chi connectivity index (χ4v) is 2.20. The molecule has 0 saturated carbocycles. The average Bonchev–Trinajstić information content (AvgIpc) is 3.10. The molecule has 0 fully saturated rings. The lowest BCUT2D eigenvalue weighted by molar-refractivity contribution is 0.378. The van der Waals surface area contributed by atoms with Crippen molar-refractivity contribution in [3.8, 4) is 11.4 Å². The Morgan fingerprint density at radius 3 is 2.86 bits per heavy atom. The molecule has 6 nitrogen and oxygen atoms in total. The number of nitrogens with one attached hydrogen (secondary N) is 1. The minimum atomic E-state index is 0.581. The molecule has 0 aliphatic carbocycles. The van der Waals surface area contributed by atoms with Crippen LogP contribution in [-0.4, -0.2) is 47.7 Å². The summed E-state index contributed by atoms with van der Waals surface area (Å²) in [7, 11) is 2.02. The summed E-state index contributed by atoms with van der Waals surface area (Å²) in [5.74, 6) is 2.11. The van der Waals surface area contributed by atoms with Gasteiger partial charge in [0, 0.05) is 37.1 Å². The van der Waals surface area contributed by atoms with Gasteiger partial charge in [-0.05, 0) is 24.3 Å². The van der Waals surface area contributed by atoms with Crippen molar-refractivity contribution in [1.82, 2.24) is 20.4 Å². The molecule has 1 aliphatic heterocycles. The van der Waals surface area contributed by atoms with Crippen LogP contribution >= 0.6 is 11.6 Å². The Morgan fingerprint density at radius 1 is 1.33 bits per heavy atom. The first kappa shape index (κ1) is 13.9. The number of rotatable bonds is 4. The Labute approximate surface area is 127 Å². The zero-order valence-corrected chi connectivity index (χ0v) is 12.5. The van der Waals surface area contributed by atoms with Crippen molar-refractivity contribution >= 4 is 17.6 Å². The molecule has 1 aromatic heterocycles. The third-order valence-electron chi connectivity index (χ3n) is 3.25. The molecular formula is C14H16ClN5O. The maximum Gasteiger partial charge on any atom is 0.228 e. The minimum Gasteiger partial charge on any atom is -0.356 e. The molecule has 0 saturated heterocycles. The summed E-state index contributed by atoms with van der Waals surface area (Å²) in [5, 5.41) is 7.94. The van der Waals surface area contributed by atoms with Gasteiger partial charge in [-0.3, -0.25) is 4.99 Å². The third kappa shape index (κ3) is 3.33. The van der Waals surface area contributed by atoms with Gasteiger partial charge in [-0.1, -0.05) is 16.8 Å². The molecule has 7 heteroatoms. The van der Waals surface area contributed by atoms with Gasteiger partial charge in [0.25, 0.3) is 0 Å². The van der Waals surface area contributed by atoms with E-state index in [4.69, 9.17) is 16.1 Å². The third-order valence-corrected chi connectivity index (χ3v) is 3.50. The molecule has 0 spiro atoms. The number of likely N-dealkylation sites (N-methyl/N-ethyl adjacent to an activating group) is 1. The standard InChI is InChI=1S/C14H16ClN5O/c1-20-9-8-17-14(20)16-7-6-12-18-13(19-21-12)10-2-4-11(15)5-3-10/h2-5H,6-9H2,1H3,(H,16,17). The number of nitrogens with zero attached hydrogens (tertiary/aromatic N) is 4. The Balaban J connectivity index is 1.56. The van der Waals surface area contributed by atoms with Crippen molar-refractivity contribution in [1.29, 1.82) is 0 Å². The SMILES string of the molecule is CN1CCN=C1NCCc1nc(-c2ccc(Cl)cc2)no1. The van der Waals surface area contributed by atoms with Crippen LogP contribution in [0.3, 0.4) is 0 Å². The molecule has 2 heterocycles. The van der Waals surface area contributed by atoms with E-state index < -0.39 is 0 Å². The van der Waals surface area contributed by atoms with E-state index in [0.29, 0.717) is 29.7 Å². The van der Waals surface area contributed by atoms with Crippen LogP contribution in [-0.2, 0) is 6.42 Å². The summed E-state index contributed by atoms with van der Waals surface area (Å²) in [5.41, 5.74) is 0.891. The number of aromatic nitrogens is 2. The van der Waals surface area contributed by atoms with E-state index in [1.807, 2.05) is 31.3 Å². The summed E-state index contributed by atoms with van der Waals surface area (Å²) in [6.45, 7) is 2.52. The quantitative estimate of drug-likeness (QED) is 0.933. The van der Waals surface area contributed by atoms with Gasteiger partial charge in [0.05, 0.1) is 6.54 Å². The van der Waals surface area contributed by atoms with Gasteiger partial charge in [0.15, 0.2) is 5.96 Å². The lowest BCUT2D eigenvalue weighted by Gasteiger charge is -2.14. The van der Waals surface area contributed by atoms with Gasteiger partial charge in [-0.15, -0.1) is 0 Å². The van der Waals surface area contributed by atoms with E-state index in [0.717, 1.165) is 24.6 Å². The van der Waals surface area contributed by atoms with Crippen molar-refractivity contribution in [2.45, 2.75) is 6.42 Å². The van der Waals surface area contributed by atoms with Gasteiger partial charge in [-0.25, -0.2) is 0 Å². The molecule has 3 rings (SSSR count). The first-order chi connectivity index (χ1) is 10.2. The van der Waals surface area contributed by atoms with Gasteiger partial charge in [-0.2, -0.15) is 4.98 Å². The molecule has 1 aliphatic rings. The summed E-state index contributed by atoms with van der Waals surface area (Å²) < 4.78 is 5.25. The number of hydrogen-bond donors (Lipinski definition) is 1. The number of benzene rings is 1. The van der Waals surface area contributed by atoms with Crippen LogP contribution < -0.4 is 5.32 Å². The normalized spacial score (nSPS) is 14.4. The van der Waals surface area contributed by atoms with E-state index in [1.165, 1.54) is 0 Å². The molecule has 0 bridgehead atoms. The molecule has 21 heavy (non-hydrogen) atoms. The Morgan fingerprint density at radius 2 is 2.14 bits per heavy atom. The van der Waals surface area contributed by atoms with Crippen molar-refractivity contribution in [2.24, 2.45) is 4.99 Å². The van der Waals surface area contributed by atoms with Crippen molar-refractivity contribution < 1.29 is 4.52 Å². The molecule has 1 N–H and O–H groups in total. The molecule has 0 atom stereocenters. The molecule has 0 unspecified atom stereocenters. The van der Waals surface area contributed by atoms with E-state index in [-0.39, 0.29) is 0 Å². The highest BCUT2D eigenvalue weighted by Gasteiger charge is 2.12. The maximum atomic E-state index is 5.86. The minimum absolute atomic E-state index is 0.581. The fourth-order valence-electron chi connectivity index (χ4n) is 2.08. The average molecular weight is 306 g/mol. The van der Waals surface area contributed by atoms with Crippen LogP contribution in [0.2, 0.25) is 5.02 Å². The molecule has 1 aromatic carbocycles. The van der Waals surface area contributed by atoms with Crippen LogP contribution in [0.1, 0.15) is 5.89 Å². The zero-order valence-electron chi connectivity index (χ0n) is 11.7. The second-order valence-electron chi connectivity index (χ2n) is 4.82. The van der Waals surface area contributed by atoms with E-state index >= 15 is 0 Å². The largest absolute Gasteiger partial charge is 0.356 e. The lowest BCUT2D eigenvalue weighted by atomic mass is 10.2. The number of guanidine groups is 1.